The zero-order chi connectivity index (χ0) is 20.4. The fraction of sp³-hybridized carbons (Fsp3) is 0.333. The average Bonchev–Trinajstić information content (AvgIpc) is 3.26. The first-order valence-electron chi connectivity index (χ1n) is 10.2. The number of likely N-dealkylation sites (tertiary alicyclic amines) is 1. The van der Waals surface area contributed by atoms with E-state index in [1.54, 1.807) is 0 Å². The lowest BCUT2D eigenvalue weighted by Crippen LogP contribution is -2.49. The molecule has 150 valence electrons. The van der Waals surface area contributed by atoms with Gasteiger partial charge in [-0.15, -0.1) is 6.58 Å². The highest BCUT2D eigenvalue weighted by atomic mass is 16.2. The van der Waals surface area contributed by atoms with Crippen molar-refractivity contribution in [2.24, 2.45) is 5.92 Å². The summed E-state index contributed by atoms with van der Waals surface area (Å²) in [5, 5.41) is 0. The lowest BCUT2D eigenvalue weighted by Gasteiger charge is -2.30. The van der Waals surface area contributed by atoms with Gasteiger partial charge in [0.2, 0.25) is 11.8 Å². The molecule has 2 aromatic rings. The fourth-order valence-electron chi connectivity index (χ4n) is 4.63. The number of hydrogen-bond donors (Lipinski definition) is 0. The van der Waals surface area contributed by atoms with E-state index in [1.807, 2.05) is 88.5 Å². The van der Waals surface area contributed by atoms with Crippen molar-refractivity contribution in [1.82, 2.24) is 4.90 Å². The molecule has 0 radical (unpaired) electrons. The van der Waals surface area contributed by atoms with Crippen molar-refractivity contribution in [3.63, 3.8) is 0 Å². The number of amides is 2. The van der Waals surface area contributed by atoms with Crippen molar-refractivity contribution in [3.05, 3.63) is 73.3 Å². The number of hydrogen-bond acceptors (Lipinski definition) is 3. The maximum absolute atomic E-state index is 13.5. The predicted molar refractivity (Wildman–Crippen MR) is 116 cm³/mol. The average molecular weight is 389 g/mol. The Bertz CT molecular complexity index is 884. The van der Waals surface area contributed by atoms with Crippen molar-refractivity contribution in [2.75, 3.05) is 29.9 Å². The molecule has 2 saturated heterocycles. The van der Waals surface area contributed by atoms with Gasteiger partial charge >= 0.3 is 0 Å². The van der Waals surface area contributed by atoms with E-state index in [9.17, 15) is 9.59 Å². The molecule has 5 heteroatoms. The standard InChI is InChI=1S/C24H27N3O2/c1-3-4-15-26(19-11-7-5-8-12-19)23(28)21-16-18-17-27(20-13-9-6-10-14-20)24(29)22(18)25(21)2/h3,5-14,18,21-22H,1,4,15-17H2,2H3/t18-,21-,22-/m0/s1. The second kappa shape index (κ2) is 8.21. The van der Waals surface area contributed by atoms with Crippen molar-refractivity contribution in [3.8, 4) is 0 Å². The highest BCUT2D eigenvalue weighted by molar-refractivity contribution is 6.03. The van der Waals surface area contributed by atoms with Crippen molar-refractivity contribution in [2.45, 2.75) is 24.9 Å². The molecule has 0 saturated carbocycles. The van der Waals surface area contributed by atoms with Gasteiger partial charge in [0.1, 0.15) is 0 Å². The maximum Gasteiger partial charge on any atom is 0.244 e. The molecule has 0 aliphatic carbocycles. The highest BCUT2D eigenvalue weighted by Gasteiger charge is 2.53. The number of anilines is 2. The first-order chi connectivity index (χ1) is 14.1. The van der Waals surface area contributed by atoms with Crippen molar-refractivity contribution < 1.29 is 9.59 Å². The van der Waals surface area contributed by atoms with Crippen LogP contribution in [-0.2, 0) is 9.59 Å². The molecule has 2 amide bonds. The Morgan fingerprint density at radius 3 is 2.41 bits per heavy atom. The van der Waals surface area contributed by atoms with Gasteiger partial charge in [-0.2, -0.15) is 0 Å². The molecular formula is C24H27N3O2. The van der Waals surface area contributed by atoms with Crippen LogP contribution < -0.4 is 9.80 Å². The lowest BCUT2D eigenvalue weighted by molar-refractivity contribution is -0.125. The van der Waals surface area contributed by atoms with Gasteiger partial charge in [-0.25, -0.2) is 0 Å². The van der Waals surface area contributed by atoms with E-state index in [-0.39, 0.29) is 29.8 Å². The van der Waals surface area contributed by atoms with Crippen LogP contribution in [0.4, 0.5) is 11.4 Å². The van der Waals surface area contributed by atoms with E-state index in [0.29, 0.717) is 19.5 Å². The number of fused-ring (bicyclic) bond motifs is 1. The van der Waals surface area contributed by atoms with E-state index in [2.05, 4.69) is 6.58 Å². The lowest BCUT2D eigenvalue weighted by atomic mass is 10.0. The van der Waals surface area contributed by atoms with Gasteiger partial charge in [-0.3, -0.25) is 14.5 Å². The topological polar surface area (TPSA) is 43.9 Å². The second-order valence-electron chi connectivity index (χ2n) is 7.81. The number of carbonyl (C=O) groups is 2. The molecule has 2 aliphatic rings. The summed E-state index contributed by atoms with van der Waals surface area (Å²) in [6.07, 6.45) is 3.26. The number of rotatable bonds is 6. The van der Waals surface area contributed by atoms with Crippen LogP contribution in [0.15, 0.2) is 73.3 Å². The molecule has 0 unspecified atom stereocenters. The Labute approximate surface area is 172 Å². The Morgan fingerprint density at radius 2 is 1.79 bits per heavy atom. The quantitative estimate of drug-likeness (QED) is 0.712. The van der Waals surface area contributed by atoms with Crippen LogP contribution in [0.25, 0.3) is 0 Å². The molecule has 2 aromatic carbocycles. The third kappa shape index (κ3) is 3.58. The summed E-state index contributed by atoms with van der Waals surface area (Å²) in [4.78, 5) is 32.3. The normalized spacial score (nSPS) is 23.8. The van der Waals surface area contributed by atoms with Gasteiger partial charge in [0.15, 0.2) is 0 Å². The molecule has 0 spiro atoms. The summed E-state index contributed by atoms with van der Waals surface area (Å²) in [6.45, 7) is 5.05. The Kier molecular flexibility index (Phi) is 5.49. The summed E-state index contributed by atoms with van der Waals surface area (Å²) >= 11 is 0. The molecule has 29 heavy (non-hydrogen) atoms. The molecule has 0 N–H and O–H groups in total. The van der Waals surface area contributed by atoms with Gasteiger partial charge in [-0.1, -0.05) is 42.5 Å². The summed E-state index contributed by atoms with van der Waals surface area (Å²) in [5.74, 6) is 0.323. The maximum atomic E-state index is 13.5. The van der Waals surface area contributed by atoms with Gasteiger partial charge in [-0.05, 0) is 44.2 Å². The van der Waals surface area contributed by atoms with Crippen LogP contribution in [0.2, 0.25) is 0 Å². The Hall–Kier alpha value is -2.92. The van der Waals surface area contributed by atoms with E-state index < -0.39 is 0 Å². The predicted octanol–water partition coefficient (Wildman–Crippen LogP) is 3.33. The minimum atomic E-state index is -0.281. The molecular weight excluding hydrogens is 362 g/mol. The van der Waals surface area contributed by atoms with Crippen LogP contribution >= 0.6 is 0 Å². The van der Waals surface area contributed by atoms with Crippen LogP contribution in [0.1, 0.15) is 12.8 Å². The van der Waals surface area contributed by atoms with E-state index in [0.717, 1.165) is 17.8 Å². The van der Waals surface area contributed by atoms with Crippen molar-refractivity contribution >= 4 is 23.2 Å². The van der Waals surface area contributed by atoms with Crippen LogP contribution in [0.3, 0.4) is 0 Å². The number of para-hydroxylation sites is 2. The smallest absolute Gasteiger partial charge is 0.244 e. The molecule has 3 atom stereocenters. The molecule has 5 nitrogen and oxygen atoms in total. The molecule has 0 bridgehead atoms. The third-order valence-electron chi connectivity index (χ3n) is 6.08. The first-order valence-corrected chi connectivity index (χ1v) is 10.2. The SMILES string of the molecule is C=CCCN(C(=O)[C@@H]1C[C@H]2CN(c3ccccc3)C(=O)[C@H]2N1C)c1ccccc1. The van der Waals surface area contributed by atoms with E-state index in [4.69, 9.17) is 0 Å². The van der Waals surface area contributed by atoms with Crippen LogP contribution in [0, 0.1) is 5.92 Å². The van der Waals surface area contributed by atoms with Gasteiger partial charge in [0.25, 0.3) is 0 Å². The number of carbonyl (C=O) groups excluding carboxylic acids is 2. The highest BCUT2D eigenvalue weighted by Crippen LogP contribution is 2.38. The Balaban J connectivity index is 1.53. The van der Waals surface area contributed by atoms with E-state index >= 15 is 0 Å². The van der Waals surface area contributed by atoms with Crippen molar-refractivity contribution in [1.29, 1.82) is 0 Å². The van der Waals surface area contributed by atoms with Crippen LogP contribution in [0.5, 0.6) is 0 Å². The summed E-state index contributed by atoms with van der Waals surface area (Å²) in [7, 11) is 1.91. The molecule has 4 rings (SSSR count). The second-order valence-corrected chi connectivity index (χ2v) is 7.81. The largest absolute Gasteiger partial charge is 0.311 e. The van der Waals surface area contributed by atoms with E-state index in [1.165, 1.54) is 0 Å². The molecule has 0 aromatic heterocycles. The third-order valence-corrected chi connectivity index (χ3v) is 6.08. The van der Waals surface area contributed by atoms with Gasteiger partial charge in [0.05, 0.1) is 12.1 Å². The van der Waals surface area contributed by atoms with Gasteiger partial charge in [0, 0.05) is 30.4 Å². The Morgan fingerprint density at radius 1 is 1.14 bits per heavy atom. The minimum Gasteiger partial charge on any atom is -0.311 e. The number of benzene rings is 2. The zero-order valence-electron chi connectivity index (χ0n) is 16.8. The first kappa shape index (κ1) is 19.4. The molecule has 2 heterocycles. The van der Waals surface area contributed by atoms with Gasteiger partial charge < -0.3 is 9.80 Å². The summed E-state index contributed by atoms with van der Waals surface area (Å²) in [6, 6.07) is 19.0. The fourth-order valence-corrected chi connectivity index (χ4v) is 4.63. The number of likely N-dealkylation sites (N-methyl/N-ethyl adjacent to an activating group) is 1. The van der Waals surface area contributed by atoms with Crippen LogP contribution in [-0.4, -0.2) is 48.9 Å². The number of nitrogens with zero attached hydrogens (tertiary/aromatic N) is 3. The molecule has 2 fully saturated rings. The summed E-state index contributed by atoms with van der Waals surface area (Å²) < 4.78 is 0. The minimum absolute atomic E-state index is 0.0639. The zero-order valence-corrected chi connectivity index (χ0v) is 16.8. The molecule has 2 aliphatic heterocycles. The monoisotopic (exact) mass is 389 g/mol. The summed E-state index contributed by atoms with van der Waals surface area (Å²) in [5.41, 5.74) is 1.82.